The Balaban J connectivity index is 2.28. The van der Waals surface area contributed by atoms with Crippen molar-refractivity contribution < 1.29 is 28.5 Å². The fraction of sp³-hybridized carbons (Fsp3) is 0.333. The molecule has 28 heavy (non-hydrogen) atoms. The second-order valence-electron chi connectivity index (χ2n) is 6.26. The van der Waals surface area contributed by atoms with Crippen molar-refractivity contribution >= 4 is 17.6 Å². The van der Waals surface area contributed by atoms with Gasteiger partial charge in [-0.3, -0.25) is 4.79 Å². The van der Waals surface area contributed by atoms with E-state index in [-0.39, 0.29) is 11.3 Å². The summed E-state index contributed by atoms with van der Waals surface area (Å²) in [4.78, 5) is 24.8. The van der Waals surface area contributed by atoms with Crippen LogP contribution < -0.4 is 19.5 Å². The second kappa shape index (κ2) is 9.12. The zero-order chi connectivity index (χ0) is 20.8. The second-order valence-corrected chi connectivity index (χ2v) is 6.26. The van der Waals surface area contributed by atoms with E-state index in [1.807, 2.05) is 32.0 Å². The molecule has 2 aromatic carbocycles. The number of anilines is 1. The first-order valence-corrected chi connectivity index (χ1v) is 8.69. The number of nitrogens with one attached hydrogen (secondary N) is 1. The van der Waals surface area contributed by atoms with E-state index in [4.69, 9.17) is 18.9 Å². The maximum atomic E-state index is 12.7. The molecule has 0 aliphatic heterocycles. The fourth-order valence-electron chi connectivity index (χ4n) is 2.57. The van der Waals surface area contributed by atoms with Crippen LogP contribution >= 0.6 is 0 Å². The number of esters is 1. The molecule has 7 heteroatoms. The van der Waals surface area contributed by atoms with Crippen LogP contribution in [0, 0.1) is 13.8 Å². The SMILES string of the molecule is COC(=O)c1cc(OC)c(OC)cc1NC(=O)C(C)Oc1cc(C)ccc1C. The van der Waals surface area contributed by atoms with Crippen molar-refractivity contribution in [3.63, 3.8) is 0 Å². The molecular weight excluding hydrogens is 362 g/mol. The third-order valence-electron chi connectivity index (χ3n) is 4.20. The minimum absolute atomic E-state index is 0.146. The number of carbonyl (C=O) groups is 2. The molecule has 0 aliphatic rings. The molecule has 0 aliphatic carbocycles. The molecule has 0 saturated heterocycles. The van der Waals surface area contributed by atoms with E-state index in [9.17, 15) is 9.59 Å². The lowest BCUT2D eigenvalue weighted by atomic mass is 10.1. The number of ether oxygens (including phenoxy) is 4. The minimum atomic E-state index is -0.793. The quantitative estimate of drug-likeness (QED) is 0.732. The van der Waals surface area contributed by atoms with Crippen LogP contribution in [0.3, 0.4) is 0 Å². The Kier molecular flexibility index (Phi) is 6.87. The first-order chi connectivity index (χ1) is 13.3. The molecule has 2 rings (SSSR count). The number of methoxy groups -OCH3 is 3. The van der Waals surface area contributed by atoms with E-state index >= 15 is 0 Å². The highest BCUT2D eigenvalue weighted by Gasteiger charge is 2.22. The highest BCUT2D eigenvalue weighted by Crippen LogP contribution is 2.34. The number of aryl methyl sites for hydroxylation is 2. The van der Waals surface area contributed by atoms with E-state index in [0.717, 1.165) is 11.1 Å². The minimum Gasteiger partial charge on any atom is -0.493 e. The van der Waals surface area contributed by atoms with Gasteiger partial charge in [0.2, 0.25) is 0 Å². The molecule has 7 nitrogen and oxygen atoms in total. The van der Waals surface area contributed by atoms with Crippen molar-refractivity contribution in [2.45, 2.75) is 26.9 Å². The molecule has 2 aromatic rings. The molecule has 0 radical (unpaired) electrons. The Morgan fingerprint density at radius 3 is 2.18 bits per heavy atom. The summed E-state index contributed by atoms with van der Waals surface area (Å²) < 4.78 is 21.1. The lowest BCUT2D eigenvalue weighted by molar-refractivity contribution is -0.122. The molecule has 150 valence electrons. The van der Waals surface area contributed by atoms with Gasteiger partial charge in [0, 0.05) is 12.1 Å². The van der Waals surface area contributed by atoms with Gasteiger partial charge in [-0.15, -0.1) is 0 Å². The van der Waals surface area contributed by atoms with Crippen molar-refractivity contribution in [1.82, 2.24) is 0 Å². The molecule has 0 spiro atoms. The van der Waals surface area contributed by atoms with Crippen LogP contribution in [0.25, 0.3) is 0 Å². The van der Waals surface area contributed by atoms with Crippen LogP contribution in [0.1, 0.15) is 28.4 Å². The molecule has 0 aromatic heterocycles. The molecule has 1 N–H and O–H groups in total. The van der Waals surface area contributed by atoms with Crippen LogP contribution in [0.2, 0.25) is 0 Å². The number of hydrogen-bond acceptors (Lipinski definition) is 6. The summed E-state index contributed by atoms with van der Waals surface area (Å²) in [5, 5.41) is 2.71. The normalized spacial score (nSPS) is 11.4. The average molecular weight is 387 g/mol. The standard InChI is InChI=1S/C21H25NO6/c1-12-7-8-13(2)17(9-12)28-14(3)20(23)22-16-11-19(26-5)18(25-4)10-15(16)21(24)27-6/h7-11,14H,1-6H3,(H,22,23). The van der Waals surface area contributed by atoms with E-state index in [0.29, 0.717) is 17.2 Å². The topological polar surface area (TPSA) is 83.1 Å². The summed E-state index contributed by atoms with van der Waals surface area (Å²) in [6.45, 7) is 5.49. The van der Waals surface area contributed by atoms with Crippen LogP contribution in [-0.4, -0.2) is 39.3 Å². The fourth-order valence-corrected chi connectivity index (χ4v) is 2.57. The van der Waals surface area contributed by atoms with E-state index in [2.05, 4.69) is 5.32 Å². The first-order valence-electron chi connectivity index (χ1n) is 8.69. The van der Waals surface area contributed by atoms with Crippen LogP contribution in [0.15, 0.2) is 30.3 Å². The van der Waals surface area contributed by atoms with Gasteiger partial charge in [-0.25, -0.2) is 4.79 Å². The lowest BCUT2D eigenvalue weighted by Crippen LogP contribution is -2.31. The maximum Gasteiger partial charge on any atom is 0.340 e. The summed E-state index contributed by atoms with van der Waals surface area (Å²) >= 11 is 0. The van der Waals surface area contributed by atoms with Gasteiger partial charge in [-0.2, -0.15) is 0 Å². The van der Waals surface area contributed by atoms with Gasteiger partial charge in [0.1, 0.15) is 5.75 Å². The monoisotopic (exact) mass is 387 g/mol. The molecule has 1 amide bonds. The highest BCUT2D eigenvalue weighted by atomic mass is 16.5. The number of rotatable bonds is 7. The molecule has 0 fully saturated rings. The summed E-state index contributed by atoms with van der Waals surface area (Å²) in [7, 11) is 4.18. The Morgan fingerprint density at radius 2 is 1.57 bits per heavy atom. The Morgan fingerprint density at radius 1 is 0.929 bits per heavy atom. The predicted molar refractivity (Wildman–Crippen MR) is 106 cm³/mol. The van der Waals surface area contributed by atoms with Gasteiger partial charge in [-0.1, -0.05) is 12.1 Å². The van der Waals surface area contributed by atoms with Crippen molar-refractivity contribution in [3.05, 3.63) is 47.0 Å². The van der Waals surface area contributed by atoms with Crippen LogP contribution in [0.4, 0.5) is 5.69 Å². The van der Waals surface area contributed by atoms with Gasteiger partial charge in [0.15, 0.2) is 17.6 Å². The maximum absolute atomic E-state index is 12.7. The van der Waals surface area contributed by atoms with Crippen molar-refractivity contribution in [1.29, 1.82) is 0 Å². The summed E-state index contributed by atoms with van der Waals surface area (Å²) in [6, 6.07) is 8.73. The first kappa shape index (κ1) is 21.1. The van der Waals surface area contributed by atoms with Crippen molar-refractivity contribution in [3.8, 4) is 17.2 Å². The third kappa shape index (κ3) is 4.73. The van der Waals surface area contributed by atoms with Crippen LogP contribution in [0.5, 0.6) is 17.2 Å². The molecule has 0 bridgehead atoms. The van der Waals surface area contributed by atoms with Gasteiger partial charge in [0.25, 0.3) is 5.91 Å². The van der Waals surface area contributed by atoms with Gasteiger partial charge < -0.3 is 24.3 Å². The van der Waals surface area contributed by atoms with Crippen molar-refractivity contribution in [2.24, 2.45) is 0 Å². The number of carbonyl (C=O) groups excluding carboxylic acids is 2. The molecule has 1 atom stereocenters. The summed E-state index contributed by atoms with van der Waals surface area (Å²) in [6.07, 6.45) is -0.793. The summed E-state index contributed by atoms with van der Waals surface area (Å²) in [5.74, 6) is 0.315. The largest absolute Gasteiger partial charge is 0.493 e. The Bertz CT molecular complexity index is 877. The van der Waals surface area contributed by atoms with E-state index in [1.165, 1.54) is 33.5 Å². The zero-order valence-electron chi connectivity index (χ0n) is 16.9. The van der Waals surface area contributed by atoms with Gasteiger partial charge in [0.05, 0.1) is 32.6 Å². The number of hydrogen-bond donors (Lipinski definition) is 1. The molecule has 0 saturated carbocycles. The van der Waals surface area contributed by atoms with E-state index in [1.54, 1.807) is 6.92 Å². The summed E-state index contributed by atoms with van der Waals surface area (Å²) in [5.41, 5.74) is 2.34. The van der Waals surface area contributed by atoms with Crippen molar-refractivity contribution in [2.75, 3.05) is 26.6 Å². The Labute approximate surface area is 164 Å². The zero-order valence-corrected chi connectivity index (χ0v) is 16.9. The Hall–Kier alpha value is -3.22. The highest BCUT2D eigenvalue weighted by molar-refractivity contribution is 6.03. The van der Waals surface area contributed by atoms with Crippen LogP contribution in [-0.2, 0) is 9.53 Å². The third-order valence-corrected chi connectivity index (χ3v) is 4.20. The van der Waals surface area contributed by atoms with Gasteiger partial charge in [-0.05, 0) is 38.0 Å². The van der Waals surface area contributed by atoms with Gasteiger partial charge >= 0.3 is 5.97 Å². The smallest absolute Gasteiger partial charge is 0.340 e. The molecule has 1 unspecified atom stereocenters. The molecular formula is C21H25NO6. The van der Waals surface area contributed by atoms with E-state index < -0.39 is 18.0 Å². The number of amides is 1. The lowest BCUT2D eigenvalue weighted by Gasteiger charge is -2.19. The average Bonchev–Trinajstić information content (AvgIpc) is 2.69. The predicted octanol–water partition coefficient (Wildman–Crippen LogP) is 3.51. The molecule has 0 heterocycles. The number of benzene rings is 2.